The molecule has 0 radical (unpaired) electrons. The number of aliphatic imine (C=N–C) groups is 2. The average Bonchev–Trinajstić information content (AvgIpc) is 2.59. The Morgan fingerprint density at radius 1 is 1.12 bits per heavy atom. The van der Waals surface area contributed by atoms with Crippen LogP contribution in [0.15, 0.2) is 52.4 Å². The summed E-state index contributed by atoms with van der Waals surface area (Å²) in [5.74, 6) is -1.43. The highest BCUT2D eigenvalue weighted by molar-refractivity contribution is 5.99. The molecule has 0 atom stereocenters. The monoisotopic (exact) mass is 357 g/mol. The summed E-state index contributed by atoms with van der Waals surface area (Å²) in [6, 6.07) is 12.3. The van der Waals surface area contributed by atoms with Gasteiger partial charge in [-0.05, 0) is 17.7 Å². The predicted octanol–water partition coefficient (Wildman–Crippen LogP) is 1.19. The van der Waals surface area contributed by atoms with Gasteiger partial charge < -0.3 is 31.8 Å². The predicted molar refractivity (Wildman–Crippen MR) is 97.8 cm³/mol. The maximum absolute atomic E-state index is 11.5. The molecule has 0 aromatic heterocycles. The minimum atomic E-state index is -1.21. The molecule has 0 fully saturated rings. The largest absolute Gasteiger partial charge is 0.491 e. The van der Waals surface area contributed by atoms with Gasteiger partial charge in [0.15, 0.2) is 17.5 Å². The fourth-order valence-corrected chi connectivity index (χ4v) is 2.15. The molecule has 0 bridgehead atoms. The third kappa shape index (κ3) is 4.63. The van der Waals surface area contributed by atoms with E-state index in [0.29, 0.717) is 5.75 Å². The molecule has 0 aliphatic heterocycles. The molecule has 2 aromatic carbocycles. The summed E-state index contributed by atoms with van der Waals surface area (Å²) in [6.07, 6.45) is 0. The van der Waals surface area contributed by atoms with Crippen molar-refractivity contribution < 1.29 is 19.4 Å². The molecule has 0 spiro atoms. The number of nitrogens with two attached hydrogens (primary N) is 3. The van der Waals surface area contributed by atoms with E-state index in [0.717, 1.165) is 5.56 Å². The number of hydrogen-bond acceptors (Lipinski definition) is 4. The lowest BCUT2D eigenvalue weighted by molar-refractivity contribution is 0.0697. The van der Waals surface area contributed by atoms with Crippen LogP contribution < -0.4 is 26.7 Å². The molecule has 0 unspecified atom stereocenters. The van der Waals surface area contributed by atoms with Crippen LogP contribution in [0, 0.1) is 0 Å². The molecule has 0 heterocycles. The van der Waals surface area contributed by atoms with E-state index in [4.69, 9.17) is 26.7 Å². The molecule has 136 valence electrons. The molecule has 0 amide bonds. The Hall–Kier alpha value is -3.75. The normalized spacial score (nSPS) is 10.9. The first-order valence-electron chi connectivity index (χ1n) is 7.47. The van der Waals surface area contributed by atoms with Gasteiger partial charge in [-0.1, -0.05) is 30.3 Å². The third-order valence-corrected chi connectivity index (χ3v) is 3.24. The number of nitrogens with zero attached hydrogens (tertiary/aromatic N) is 2. The molecule has 0 saturated carbocycles. The maximum atomic E-state index is 11.5. The van der Waals surface area contributed by atoms with Crippen molar-refractivity contribution >= 4 is 23.6 Å². The van der Waals surface area contributed by atoms with Crippen molar-refractivity contribution in [3.05, 3.63) is 53.6 Å². The van der Waals surface area contributed by atoms with Crippen molar-refractivity contribution in [3.63, 3.8) is 0 Å². The number of benzene rings is 2. The zero-order valence-electron chi connectivity index (χ0n) is 14.0. The van der Waals surface area contributed by atoms with Crippen LogP contribution >= 0.6 is 0 Å². The van der Waals surface area contributed by atoms with E-state index in [1.807, 2.05) is 30.3 Å². The summed E-state index contributed by atoms with van der Waals surface area (Å²) in [4.78, 5) is 19.0. The first kappa shape index (κ1) is 18.6. The number of rotatable bonds is 6. The summed E-state index contributed by atoms with van der Waals surface area (Å²) in [5.41, 5.74) is 16.9. The maximum Gasteiger partial charge on any atom is 0.338 e. The van der Waals surface area contributed by atoms with Crippen LogP contribution in [0.25, 0.3) is 0 Å². The Labute approximate surface area is 149 Å². The van der Waals surface area contributed by atoms with Crippen LogP contribution in [0.2, 0.25) is 0 Å². The van der Waals surface area contributed by atoms with Gasteiger partial charge in [-0.15, -0.1) is 0 Å². The fourth-order valence-electron chi connectivity index (χ4n) is 2.15. The van der Waals surface area contributed by atoms with Gasteiger partial charge in [0.2, 0.25) is 5.96 Å². The van der Waals surface area contributed by atoms with Crippen molar-refractivity contribution in [3.8, 4) is 11.5 Å². The quantitative estimate of drug-likeness (QED) is 0.446. The number of ether oxygens (including phenoxy) is 2. The number of guanidine groups is 2. The molecule has 0 aliphatic rings. The van der Waals surface area contributed by atoms with Gasteiger partial charge in [0.05, 0.1) is 12.7 Å². The number of aromatic carboxylic acids is 1. The van der Waals surface area contributed by atoms with E-state index in [9.17, 15) is 9.90 Å². The van der Waals surface area contributed by atoms with Crippen LogP contribution in [-0.4, -0.2) is 30.1 Å². The van der Waals surface area contributed by atoms with Crippen molar-refractivity contribution in [2.45, 2.75) is 6.61 Å². The Morgan fingerprint density at radius 2 is 1.81 bits per heavy atom. The third-order valence-electron chi connectivity index (χ3n) is 3.24. The molecule has 0 saturated heterocycles. The van der Waals surface area contributed by atoms with Crippen molar-refractivity contribution in [2.24, 2.45) is 27.2 Å². The van der Waals surface area contributed by atoms with E-state index in [2.05, 4.69) is 9.98 Å². The summed E-state index contributed by atoms with van der Waals surface area (Å²) in [6.45, 7) is 0.260. The van der Waals surface area contributed by atoms with Crippen molar-refractivity contribution in [2.75, 3.05) is 7.11 Å². The smallest absolute Gasteiger partial charge is 0.338 e. The summed E-state index contributed by atoms with van der Waals surface area (Å²) in [7, 11) is 1.37. The van der Waals surface area contributed by atoms with Gasteiger partial charge in [-0.2, -0.15) is 4.99 Å². The van der Waals surface area contributed by atoms with E-state index >= 15 is 0 Å². The number of carbonyl (C=O) groups is 1. The topological polar surface area (TPSA) is 159 Å². The van der Waals surface area contributed by atoms with Crippen LogP contribution in [0.1, 0.15) is 15.9 Å². The fraction of sp³-hybridized carbons (Fsp3) is 0.118. The van der Waals surface area contributed by atoms with Gasteiger partial charge in [-0.25, -0.2) is 9.79 Å². The Bertz CT molecular complexity index is 846. The van der Waals surface area contributed by atoms with Crippen molar-refractivity contribution in [1.29, 1.82) is 0 Å². The molecule has 0 aliphatic carbocycles. The first-order valence-corrected chi connectivity index (χ1v) is 7.47. The summed E-state index contributed by atoms with van der Waals surface area (Å²) in [5, 5.41) is 9.39. The van der Waals surface area contributed by atoms with Gasteiger partial charge >= 0.3 is 5.97 Å². The molecule has 9 heteroatoms. The van der Waals surface area contributed by atoms with Crippen LogP contribution in [0.5, 0.6) is 11.5 Å². The van der Waals surface area contributed by atoms with Gasteiger partial charge in [-0.3, -0.25) is 0 Å². The van der Waals surface area contributed by atoms with Crippen LogP contribution in [0.3, 0.4) is 0 Å². The zero-order chi connectivity index (χ0) is 19.1. The Morgan fingerprint density at radius 3 is 2.38 bits per heavy atom. The molecular weight excluding hydrogens is 338 g/mol. The lowest BCUT2D eigenvalue weighted by atomic mass is 10.1. The summed E-state index contributed by atoms with van der Waals surface area (Å²) >= 11 is 0. The number of methoxy groups -OCH3 is 1. The minimum absolute atomic E-state index is 0.0481. The molecule has 2 rings (SSSR count). The van der Waals surface area contributed by atoms with Crippen LogP contribution in [-0.2, 0) is 6.61 Å². The van der Waals surface area contributed by atoms with Gasteiger partial charge in [0.1, 0.15) is 12.3 Å². The van der Waals surface area contributed by atoms with Crippen LogP contribution in [0.4, 0.5) is 5.69 Å². The van der Waals surface area contributed by atoms with Gasteiger partial charge in [0.25, 0.3) is 0 Å². The lowest BCUT2D eigenvalue weighted by Gasteiger charge is -2.14. The second-order valence-electron chi connectivity index (χ2n) is 5.08. The molecule has 7 N–H and O–H groups in total. The highest BCUT2D eigenvalue weighted by Gasteiger charge is 2.20. The second kappa shape index (κ2) is 8.38. The van der Waals surface area contributed by atoms with E-state index < -0.39 is 5.97 Å². The number of carboxylic acids is 1. The lowest BCUT2D eigenvalue weighted by Crippen LogP contribution is -2.26. The molecule has 2 aromatic rings. The Kier molecular flexibility index (Phi) is 5.99. The SMILES string of the molecule is COc1c(OCc2ccccc2)ccc(C(=O)O)c1N=C(N)N=C(N)N. The molecule has 9 nitrogen and oxygen atoms in total. The zero-order valence-corrected chi connectivity index (χ0v) is 14.0. The number of hydrogen-bond donors (Lipinski definition) is 4. The molecular formula is C17H19N5O4. The highest BCUT2D eigenvalue weighted by atomic mass is 16.5. The summed E-state index contributed by atoms with van der Waals surface area (Å²) < 4.78 is 11.0. The van der Waals surface area contributed by atoms with E-state index in [1.165, 1.54) is 19.2 Å². The highest BCUT2D eigenvalue weighted by Crippen LogP contribution is 2.40. The van der Waals surface area contributed by atoms with E-state index in [-0.39, 0.29) is 35.5 Å². The van der Waals surface area contributed by atoms with Gasteiger partial charge in [0, 0.05) is 0 Å². The Balaban J connectivity index is 2.46. The first-order chi connectivity index (χ1) is 12.4. The average molecular weight is 357 g/mol. The second-order valence-corrected chi connectivity index (χ2v) is 5.08. The molecule has 26 heavy (non-hydrogen) atoms. The standard InChI is InChI=1S/C17H19N5O4/c1-25-14-12(26-9-10-5-3-2-4-6-10)8-7-11(15(23)24)13(14)21-17(20)22-16(18)19/h2-8H,9H2,1H3,(H,23,24)(H6,18,19,20,21,22). The number of carboxylic acid groups (broad SMARTS) is 1. The van der Waals surface area contributed by atoms with Crippen molar-refractivity contribution in [1.82, 2.24) is 0 Å². The minimum Gasteiger partial charge on any atom is -0.491 e. The van der Waals surface area contributed by atoms with E-state index in [1.54, 1.807) is 0 Å².